The fourth-order valence-electron chi connectivity index (χ4n) is 2.77. The van der Waals surface area contributed by atoms with Gasteiger partial charge in [0.25, 0.3) is 0 Å². The molecular formula is C21H18N4. The lowest BCUT2D eigenvalue weighted by atomic mass is 10.1. The maximum absolute atomic E-state index is 4.87. The van der Waals surface area contributed by atoms with Gasteiger partial charge in [0.05, 0.1) is 22.8 Å². The number of benzene rings is 1. The van der Waals surface area contributed by atoms with Crippen LogP contribution in [0.15, 0.2) is 84.1 Å². The van der Waals surface area contributed by atoms with Crippen LogP contribution < -0.4 is 5.32 Å². The summed E-state index contributed by atoms with van der Waals surface area (Å²) in [6.07, 6.45) is 5.43. The number of aromatic nitrogens is 2. The molecule has 4 rings (SSSR count). The smallest absolute Gasteiger partial charge is 0.145 e. The van der Waals surface area contributed by atoms with Gasteiger partial charge >= 0.3 is 0 Å². The number of nitrogens with zero attached hydrogens (tertiary/aromatic N) is 3. The largest absolute Gasteiger partial charge is 0.358 e. The number of pyridine rings is 2. The monoisotopic (exact) mass is 326 g/mol. The van der Waals surface area contributed by atoms with Crippen LogP contribution in [0.4, 0.5) is 0 Å². The van der Waals surface area contributed by atoms with E-state index in [-0.39, 0.29) is 6.17 Å². The summed E-state index contributed by atoms with van der Waals surface area (Å²) in [5.74, 6) is 0. The van der Waals surface area contributed by atoms with E-state index in [2.05, 4.69) is 46.5 Å². The van der Waals surface area contributed by atoms with Crippen LogP contribution in [0, 0.1) is 6.92 Å². The topological polar surface area (TPSA) is 50.2 Å². The van der Waals surface area contributed by atoms with Crippen molar-refractivity contribution in [1.82, 2.24) is 15.3 Å². The predicted octanol–water partition coefficient (Wildman–Crippen LogP) is 3.92. The summed E-state index contributed by atoms with van der Waals surface area (Å²) >= 11 is 0. The molecule has 0 bridgehead atoms. The zero-order chi connectivity index (χ0) is 17.1. The zero-order valence-electron chi connectivity index (χ0n) is 13.9. The van der Waals surface area contributed by atoms with Crippen molar-refractivity contribution >= 4 is 11.4 Å². The van der Waals surface area contributed by atoms with Crippen LogP contribution in [0.5, 0.6) is 0 Å². The van der Waals surface area contributed by atoms with Crippen molar-refractivity contribution in [3.63, 3.8) is 0 Å². The molecule has 4 heteroatoms. The average molecular weight is 326 g/mol. The fraction of sp³-hybridized carbons (Fsp3) is 0.0952. The van der Waals surface area contributed by atoms with Gasteiger partial charge < -0.3 is 5.32 Å². The van der Waals surface area contributed by atoms with Crippen LogP contribution in [0.2, 0.25) is 0 Å². The third kappa shape index (κ3) is 3.33. The second-order valence-electron chi connectivity index (χ2n) is 5.96. The number of rotatable bonds is 3. The molecule has 1 aromatic carbocycles. The van der Waals surface area contributed by atoms with E-state index in [1.54, 1.807) is 12.4 Å². The Bertz CT molecular complexity index is 913. The maximum Gasteiger partial charge on any atom is 0.145 e. The predicted molar refractivity (Wildman–Crippen MR) is 100 cm³/mol. The first-order valence-corrected chi connectivity index (χ1v) is 8.25. The summed E-state index contributed by atoms with van der Waals surface area (Å²) in [5.41, 5.74) is 5.89. The quantitative estimate of drug-likeness (QED) is 0.794. The molecule has 0 aliphatic carbocycles. The second-order valence-corrected chi connectivity index (χ2v) is 5.96. The highest BCUT2D eigenvalue weighted by molar-refractivity contribution is 6.11. The molecule has 4 nitrogen and oxygen atoms in total. The first kappa shape index (κ1) is 15.3. The zero-order valence-corrected chi connectivity index (χ0v) is 13.9. The number of allylic oxidation sites excluding steroid dienone is 1. The molecule has 0 radical (unpaired) electrons. The molecule has 0 fully saturated rings. The molecular weight excluding hydrogens is 308 g/mol. The van der Waals surface area contributed by atoms with Gasteiger partial charge in [-0.05, 0) is 42.8 Å². The van der Waals surface area contributed by atoms with E-state index in [4.69, 9.17) is 4.99 Å². The molecule has 1 aliphatic heterocycles. The standard InChI is InChI=1S/C21H18N4/c1-15-8-10-16(11-9-15)21-24-19(17-6-2-4-12-22-17)14-20(25-21)18-7-3-5-13-23-18/h2-14,21,24H,1H3. The molecule has 3 aromatic rings. The Balaban J connectivity index is 1.78. The summed E-state index contributed by atoms with van der Waals surface area (Å²) in [6, 6.07) is 20.2. The van der Waals surface area contributed by atoms with Gasteiger partial charge in [0.15, 0.2) is 0 Å². The number of hydrogen-bond donors (Lipinski definition) is 1. The number of nitrogens with one attached hydrogen (secondary N) is 1. The molecule has 122 valence electrons. The summed E-state index contributed by atoms with van der Waals surface area (Å²) in [4.78, 5) is 13.8. The van der Waals surface area contributed by atoms with E-state index in [0.29, 0.717) is 0 Å². The van der Waals surface area contributed by atoms with Gasteiger partial charge in [-0.3, -0.25) is 15.0 Å². The highest BCUT2D eigenvalue weighted by Gasteiger charge is 2.20. The Kier molecular flexibility index (Phi) is 4.09. The van der Waals surface area contributed by atoms with E-state index in [0.717, 1.165) is 28.4 Å². The summed E-state index contributed by atoms with van der Waals surface area (Å²) in [6.45, 7) is 2.08. The molecule has 0 saturated carbocycles. The molecule has 2 aromatic heterocycles. The summed E-state index contributed by atoms with van der Waals surface area (Å²) < 4.78 is 0. The van der Waals surface area contributed by atoms with Gasteiger partial charge in [0.2, 0.25) is 0 Å². The van der Waals surface area contributed by atoms with Crippen LogP contribution in [0.1, 0.15) is 28.7 Å². The molecule has 1 atom stereocenters. The van der Waals surface area contributed by atoms with Gasteiger partial charge in [0, 0.05) is 12.4 Å². The molecule has 3 heterocycles. The Hall–Kier alpha value is -3.27. The van der Waals surface area contributed by atoms with Gasteiger partial charge in [-0.2, -0.15) is 0 Å². The third-order valence-electron chi connectivity index (χ3n) is 4.10. The molecule has 1 unspecified atom stereocenters. The summed E-state index contributed by atoms with van der Waals surface area (Å²) in [7, 11) is 0. The second kappa shape index (κ2) is 6.69. The highest BCUT2D eigenvalue weighted by atomic mass is 15.1. The van der Waals surface area contributed by atoms with Crippen LogP contribution in [-0.4, -0.2) is 15.7 Å². The lowest BCUT2D eigenvalue weighted by Gasteiger charge is -2.24. The molecule has 0 saturated heterocycles. The minimum absolute atomic E-state index is 0.167. The molecule has 0 spiro atoms. The third-order valence-corrected chi connectivity index (χ3v) is 4.10. The van der Waals surface area contributed by atoms with Crippen molar-refractivity contribution in [2.75, 3.05) is 0 Å². The molecule has 25 heavy (non-hydrogen) atoms. The van der Waals surface area contributed by atoms with Gasteiger partial charge in [-0.1, -0.05) is 42.0 Å². The van der Waals surface area contributed by atoms with Crippen LogP contribution in [0.3, 0.4) is 0 Å². The van der Waals surface area contributed by atoms with Gasteiger partial charge in [-0.15, -0.1) is 0 Å². The van der Waals surface area contributed by atoms with Crippen LogP contribution in [0.25, 0.3) is 5.70 Å². The first-order chi connectivity index (χ1) is 12.3. The molecule has 1 aliphatic rings. The number of aliphatic imine (C=N–C) groups is 1. The Labute approximate surface area is 147 Å². The van der Waals surface area contributed by atoms with Crippen molar-refractivity contribution in [2.24, 2.45) is 4.99 Å². The van der Waals surface area contributed by atoms with Crippen LogP contribution >= 0.6 is 0 Å². The minimum Gasteiger partial charge on any atom is -0.358 e. The van der Waals surface area contributed by atoms with E-state index in [1.807, 2.05) is 42.5 Å². The minimum atomic E-state index is -0.167. The SMILES string of the molecule is Cc1ccc(C2N=C(c3ccccn3)C=C(c3ccccn3)N2)cc1. The van der Waals surface area contributed by atoms with Gasteiger partial charge in [0.1, 0.15) is 6.17 Å². The van der Waals surface area contributed by atoms with Crippen molar-refractivity contribution < 1.29 is 0 Å². The van der Waals surface area contributed by atoms with Crippen molar-refractivity contribution in [2.45, 2.75) is 13.1 Å². The lowest BCUT2D eigenvalue weighted by molar-refractivity contribution is 0.661. The number of aryl methyl sites for hydroxylation is 1. The first-order valence-electron chi connectivity index (χ1n) is 8.25. The number of hydrogen-bond acceptors (Lipinski definition) is 4. The van der Waals surface area contributed by atoms with Crippen molar-refractivity contribution in [1.29, 1.82) is 0 Å². The maximum atomic E-state index is 4.87. The van der Waals surface area contributed by atoms with E-state index in [1.165, 1.54) is 5.56 Å². The Morgan fingerprint density at radius 3 is 2.12 bits per heavy atom. The van der Waals surface area contributed by atoms with Crippen molar-refractivity contribution in [3.8, 4) is 0 Å². The molecule has 0 amide bonds. The van der Waals surface area contributed by atoms with Gasteiger partial charge in [-0.25, -0.2) is 0 Å². The Morgan fingerprint density at radius 2 is 1.48 bits per heavy atom. The van der Waals surface area contributed by atoms with E-state index < -0.39 is 0 Å². The lowest BCUT2D eigenvalue weighted by Crippen LogP contribution is -2.25. The van der Waals surface area contributed by atoms with Crippen molar-refractivity contribution in [3.05, 3.63) is 102 Å². The van der Waals surface area contributed by atoms with E-state index >= 15 is 0 Å². The summed E-state index contributed by atoms with van der Waals surface area (Å²) in [5, 5.41) is 3.49. The van der Waals surface area contributed by atoms with E-state index in [9.17, 15) is 0 Å². The average Bonchev–Trinajstić information content (AvgIpc) is 2.69. The fourth-order valence-corrected chi connectivity index (χ4v) is 2.77. The highest BCUT2D eigenvalue weighted by Crippen LogP contribution is 2.25. The normalized spacial score (nSPS) is 16.6. The van der Waals surface area contributed by atoms with Crippen LogP contribution in [-0.2, 0) is 0 Å². The Morgan fingerprint density at radius 1 is 0.800 bits per heavy atom. The molecule has 1 N–H and O–H groups in total.